The van der Waals surface area contributed by atoms with Crippen molar-refractivity contribution in [3.63, 3.8) is 0 Å². The van der Waals surface area contributed by atoms with E-state index in [1.165, 1.54) is 27.7 Å². The van der Waals surface area contributed by atoms with Crippen LogP contribution in [-0.2, 0) is 19.1 Å². The van der Waals surface area contributed by atoms with Crippen molar-refractivity contribution in [3.05, 3.63) is 82.7 Å². The van der Waals surface area contributed by atoms with Gasteiger partial charge in [-0.1, -0.05) is 42.5 Å². The smallest absolute Gasteiger partial charge is 0.303 e. The van der Waals surface area contributed by atoms with Gasteiger partial charge >= 0.3 is 5.91 Å². The van der Waals surface area contributed by atoms with Gasteiger partial charge in [-0.3, -0.25) is 19.2 Å². The molecule has 5 rings (SSSR count). The standard InChI is InChI=1S/C27H25N7O5S3/c1-42(37,38)39-15-6-5-13-28-24(35)20-11-9-18(10-12-20)21-17-41-27(30-21)34-25(36)23(31-32-26-29-14-16-40-26)22(33-34)19-7-3-2-4-8-19/h2-4,7-12,14,16-17H,5-6,13,15H2,1H3,(H,28,35)(H,29,32)/b31-23+. The van der Waals surface area contributed by atoms with E-state index in [2.05, 4.69) is 35.1 Å². The molecule has 1 aliphatic rings. The second kappa shape index (κ2) is 13.1. The molecule has 0 bridgehead atoms. The first-order valence-electron chi connectivity index (χ1n) is 12.7. The third-order valence-electron chi connectivity index (χ3n) is 5.83. The maximum atomic E-state index is 13.4. The molecule has 42 heavy (non-hydrogen) atoms. The first-order valence-corrected chi connectivity index (χ1v) is 16.3. The molecule has 12 nitrogen and oxygen atoms in total. The van der Waals surface area contributed by atoms with E-state index in [1.54, 1.807) is 35.8 Å². The van der Waals surface area contributed by atoms with Crippen LogP contribution >= 0.6 is 22.7 Å². The molecule has 4 aromatic rings. The van der Waals surface area contributed by atoms with Gasteiger partial charge in [-0.2, -0.15) is 23.6 Å². The number of hydrogen-bond acceptors (Lipinski definition) is 12. The highest BCUT2D eigenvalue weighted by atomic mass is 32.2. The number of nitrogens with one attached hydrogen (secondary N) is 2. The Kier molecular flexibility index (Phi) is 9.12. The zero-order chi connectivity index (χ0) is 29.5. The van der Waals surface area contributed by atoms with Gasteiger partial charge in [0.05, 0.1) is 18.6 Å². The van der Waals surface area contributed by atoms with E-state index >= 15 is 0 Å². The van der Waals surface area contributed by atoms with Crippen LogP contribution in [0.25, 0.3) is 11.3 Å². The molecule has 0 saturated carbocycles. The molecule has 0 aliphatic carbocycles. The Labute approximate surface area is 249 Å². The molecule has 2 N–H and O–H groups in total. The minimum absolute atomic E-state index is 0.0819. The lowest BCUT2D eigenvalue weighted by Crippen LogP contribution is -2.28. The van der Waals surface area contributed by atoms with Gasteiger partial charge in [0.25, 0.3) is 16.0 Å². The Morgan fingerprint density at radius 1 is 1.05 bits per heavy atom. The third kappa shape index (κ3) is 7.30. The van der Waals surface area contributed by atoms with Crippen LogP contribution in [0.5, 0.6) is 0 Å². The van der Waals surface area contributed by atoms with E-state index in [1.807, 2.05) is 35.7 Å². The lowest BCUT2D eigenvalue weighted by molar-refractivity contribution is -0.112. The number of unbranched alkanes of at least 4 members (excludes halogenated alkanes) is 1. The fourth-order valence-electron chi connectivity index (χ4n) is 3.83. The monoisotopic (exact) mass is 623 g/mol. The Bertz CT molecular complexity index is 1720. The second-order valence-corrected chi connectivity index (χ2v) is 12.3. The van der Waals surface area contributed by atoms with Crippen molar-refractivity contribution >= 4 is 66.3 Å². The lowest BCUT2D eigenvalue weighted by Gasteiger charge is -2.07. The summed E-state index contributed by atoms with van der Waals surface area (Å²) in [6.07, 6.45) is 3.73. The van der Waals surface area contributed by atoms with E-state index in [4.69, 9.17) is 0 Å². The van der Waals surface area contributed by atoms with Crippen molar-refractivity contribution in [1.82, 2.24) is 15.3 Å². The number of benzene rings is 2. The highest BCUT2D eigenvalue weighted by Crippen LogP contribution is 2.30. The quantitative estimate of drug-likeness (QED) is 0.136. The van der Waals surface area contributed by atoms with Crippen LogP contribution in [-0.4, -0.2) is 61.0 Å². The molecule has 2 amide bonds. The van der Waals surface area contributed by atoms with Crippen molar-refractivity contribution < 1.29 is 22.2 Å². The Balaban J connectivity index is 1.25. The molecule has 0 spiro atoms. The topological polar surface area (TPSA) is 155 Å². The minimum atomic E-state index is -3.46. The lowest BCUT2D eigenvalue weighted by atomic mass is 10.1. The summed E-state index contributed by atoms with van der Waals surface area (Å²) in [7, 11) is -3.46. The van der Waals surface area contributed by atoms with Crippen molar-refractivity contribution in [3.8, 4) is 11.3 Å². The summed E-state index contributed by atoms with van der Waals surface area (Å²) in [6.45, 7) is 0.474. The largest absolute Gasteiger partial charge is 0.352 e. The van der Waals surface area contributed by atoms with Gasteiger partial charge in [-0.15, -0.1) is 22.7 Å². The normalized spacial score (nSPS) is 14.3. The second-order valence-electron chi connectivity index (χ2n) is 8.92. The van der Waals surface area contributed by atoms with Gasteiger partial charge in [-0.05, 0) is 25.0 Å². The van der Waals surface area contributed by atoms with Crippen LogP contribution in [0.4, 0.5) is 10.3 Å². The molecule has 2 aromatic heterocycles. The fourth-order valence-corrected chi connectivity index (χ4v) is 5.50. The summed E-state index contributed by atoms with van der Waals surface area (Å²) in [4.78, 5) is 34.7. The third-order valence-corrected chi connectivity index (χ3v) is 7.92. The molecule has 0 radical (unpaired) electrons. The number of aromatic nitrogens is 2. The predicted molar refractivity (Wildman–Crippen MR) is 164 cm³/mol. The Morgan fingerprint density at radius 3 is 2.55 bits per heavy atom. The summed E-state index contributed by atoms with van der Waals surface area (Å²) >= 11 is 2.62. The van der Waals surface area contributed by atoms with E-state index in [-0.39, 0.29) is 18.2 Å². The molecular weight excluding hydrogens is 599 g/mol. The van der Waals surface area contributed by atoms with E-state index in [9.17, 15) is 18.0 Å². The number of carbonyl (C=O) groups excluding carboxylic acids is 2. The SMILES string of the molecule is CS(=O)(=O)OCCCCNC(=O)c1ccc(-c2csc(N3N=C(c4ccccc4)/C(=N\Nc4nccs4)C3=O)n2)cc1. The maximum absolute atomic E-state index is 13.4. The minimum Gasteiger partial charge on any atom is -0.352 e. The molecule has 15 heteroatoms. The average Bonchev–Trinajstić information content (AvgIpc) is 3.75. The van der Waals surface area contributed by atoms with Gasteiger partial charge < -0.3 is 5.32 Å². The number of anilines is 2. The number of nitrogens with zero attached hydrogens (tertiary/aromatic N) is 5. The average molecular weight is 624 g/mol. The van der Waals surface area contributed by atoms with Crippen LogP contribution in [0, 0.1) is 0 Å². The number of rotatable bonds is 12. The van der Waals surface area contributed by atoms with Crippen LogP contribution in [0.1, 0.15) is 28.8 Å². The summed E-state index contributed by atoms with van der Waals surface area (Å²) < 4.78 is 26.7. The van der Waals surface area contributed by atoms with Gasteiger partial charge in [0, 0.05) is 40.2 Å². The van der Waals surface area contributed by atoms with Gasteiger partial charge in [-0.25, -0.2) is 9.97 Å². The number of amides is 2. The summed E-state index contributed by atoms with van der Waals surface area (Å²) in [6, 6.07) is 16.3. The van der Waals surface area contributed by atoms with Crippen LogP contribution in [0.2, 0.25) is 0 Å². The van der Waals surface area contributed by atoms with Crippen molar-refractivity contribution in [2.24, 2.45) is 10.2 Å². The van der Waals surface area contributed by atoms with Crippen LogP contribution < -0.4 is 15.8 Å². The fraction of sp³-hybridized carbons (Fsp3) is 0.185. The Hall–Kier alpha value is -4.31. The number of thiazole rings is 2. The Morgan fingerprint density at radius 2 is 1.83 bits per heavy atom. The van der Waals surface area contributed by atoms with Gasteiger partial charge in [0.2, 0.25) is 10.3 Å². The zero-order valence-corrected chi connectivity index (χ0v) is 24.7. The summed E-state index contributed by atoms with van der Waals surface area (Å²) in [5.41, 5.74) is 6.00. The predicted octanol–water partition coefficient (Wildman–Crippen LogP) is 3.97. The van der Waals surface area contributed by atoms with E-state index in [0.717, 1.165) is 17.4 Å². The van der Waals surface area contributed by atoms with Crippen LogP contribution in [0.3, 0.4) is 0 Å². The zero-order valence-electron chi connectivity index (χ0n) is 22.3. The van der Waals surface area contributed by atoms with Crippen LogP contribution in [0.15, 0.2) is 81.8 Å². The number of hydrazone groups is 2. The molecule has 0 fully saturated rings. The number of hydrogen-bond donors (Lipinski definition) is 2. The molecular formula is C27H25N7O5S3. The highest BCUT2D eigenvalue weighted by molar-refractivity contribution is 7.85. The van der Waals surface area contributed by atoms with E-state index in [0.29, 0.717) is 46.6 Å². The molecule has 3 heterocycles. The van der Waals surface area contributed by atoms with Gasteiger partial charge in [0.1, 0.15) is 5.71 Å². The van der Waals surface area contributed by atoms with Crippen molar-refractivity contribution in [2.45, 2.75) is 12.8 Å². The molecule has 216 valence electrons. The molecule has 1 aliphatic heterocycles. The molecule has 0 unspecified atom stereocenters. The van der Waals surface area contributed by atoms with Crippen molar-refractivity contribution in [1.29, 1.82) is 0 Å². The summed E-state index contributed by atoms with van der Waals surface area (Å²) in [5, 5.41) is 17.5. The number of carbonyl (C=O) groups is 2. The van der Waals surface area contributed by atoms with E-state index < -0.39 is 16.0 Å². The molecule has 0 saturated heterocycles. The first kappa shape index (κ1) is 29.2. The highest BCUT2D eigenvalue weighted by Gasteiger charge is 2.35. The maximum Gasteiger partial charge on any atom is 0.303 e. The summed E-state index contributed by atoms with van der Waals surface area (Å²) in [5.74, 6) is -0.665. The molecule has 2 aromatic carbocycles. The van der Waals surface area contributed by atoms with Crippen molar-refractivity contribution in [2.75, 3.05) is 29.8 Å². The molecule has 0 atom stereocenters. The van der Waals surface area contributed by atoms with Gasteiger partial charge in [0.15, 0.2) is 5.71 Å². The first-order chi connectivity index (χ1) is 20.3.